The molecule has 0 aliphatic carbocycles. The summed E-state index contributed by atoms with van der Waals surface area (Å²) >= 11 is 0. The van der Waals surface area contributed by atoms with Gasteiger partial charge in [-0.1, -0.05) is 47.6 Å². The maximum absolute atomic E-state index is 12.8. The Morgan fingerprint density at radius 3 is 2.41 bits per heavy atom. The molecular formula is C25H25N3O4. The van der Waals surface area contributed by atoms with E-state index in [1.54, 1.807) is 13.2 Å². The first-order valence-electron chi connectivity index (χ1n) is 9.97. The minimum Gasteiger partial charge on any atom is -0.497 e. The molecule has 7 nitrogen and oxygen atoms in total. The number of rotatable bonds is 9. The second-order valence-corrected chi connectivity index (χ2v) is 6.81. The fourth-order valence-corrected chi connectivity index (χ4v) is 2.96. The second kappa shape index (κ2) is 11.3. The van der Waals surface area contributed by atoms with E-state index >= 15 is 0 Å². The molecule has 3 rings (SSSR count). The lowest BCUT2D eigenvalue weighted by Gasteiger charge is -2.13. The Kier molecular flexibility index (Phi) is 7.97. The number of ether oxygens (including phenoxy) is 2. The van der Waals surface area contributed by atoms with Gasteiger partial charge in [-0.25, -0.2) is 5.43 Å². The van der Waals surface area contributed by atoms with Crippen molar-refractivity contribution in [2.24, 2.45) is 10.3 Å². The van der Waals surface area contributed by atoms with Crippen LogP contribution in [0.25, 0.3) is 0 Å². The van der Waals surface area contributed by atoms with Crippen LogP contribution in [0.2, 0.25) is 0 Å². The molecule has 0 fully saturated rings. The van der Waals surface area contributed by atoms with E-state index in [1.807, 2.05) is 73.7 Å². The summed E-state index contributed by atoms with van der Waals surface area (Å²) < 4.78 is 11.1. The predicted octanol–water partition coefficient (Wildman–Crippen LogP) is 4.08. The van der Waals surface area contributed by atoms with Gasteiger partial charge in [0.2, 0.25) is 0 Å². The molecule has 0 spiro atoms. The van der Waals surface area contributed by atoms with Crippen LogP contribution in [0.1, 0.15) is 22.3 Å². The van der Waals surface area contributed by atoms with Crippen LogP contribution in [0.3, 0.4) is 0 Å². The number of para-hydroxylation sites is 1. The number of carbonyl (C=O) groups is 1. The summed E-state index contributed by atoms with van der Waals surface area (Å²) in [6.45, 7) is 2.25. The van der Waals surface area contributed by atoms with Gasteiger partial charge in [-0.15, -0.1) is 0 Å². The highest BCUT2D eigenvalue weighted by Gasteiger charge is 2.18. The number of hydrogen-bond acceptors (Lipinski definition) is 6. The van der Waals surface area contributed by atoms with E-state index in [0.717, 1.165) is 28.2 Å². The lowest BCUT2D eigenvalue weighted by atomic mass is 10.0. The normalized spacial score (nSPS) is 11.3. The summed E-state index contributed by atoms with van der Waals surface area (Å²) in [6, 6.07) is 22.4. The highest BCUT2D eigenvalue weighted by atomic mass is 16.6. The lowest BCUT2D eigenvalue weighted by molar-refractivity contribution is -0.114. The first-order chi connectivity index (χ1) is 15.6. The molecule has 0 aliphatic rings. The topological polar surface area (TPSA) is 81.5 Å². The van der Waals surface area contributed by atoms with Crippen molar-refractivity contribution in [3.63, 3.8) is 0 Å². The molecule has 0 atom stereocenters. The predicted molar refractivity (Wildman–Crippen MR) is 124 cm³/mol. The standard InChI is InChI=1S/C25H25N3O4/c1-18-8-4-7-11-23(18)32-17-20-9-5-6-10-22(20)24(28-31-3)25(29)27-26-16-19-12-14-21(30-2)15-13-19/h4-16H,17H2,1-3H3,(H,27,29)/b26-16+,28-24+. The van der Waals surface area contributed by atoms with Gasteiger partial charge in [0.15, 0.2) is 5.71 Å². The summed E-state index contributed by atoms with van der Waals surface area (Å²) in [5.41, 5.74) is 5.83. The lowest BCUT2D eigenvalue weighted by Crippen LogP contribution is -2.29. The fraction of sp³-hybridized carbons (Fsp3) is 0.160. The zero-order valence-corrected chi connectivity index (χ0v) is 18.2. The van der Waals surface area contributed by atoms with Gasteiger partial charge in [0.25, 0.3) is 5.91 Å². The smallest absolute Gasteiger partial charge is 0.294 e. The van der Waals surface area contributed by atoms with Gasteiger partial charge in [-0.2, -0.15) is 5.10 Å². The van der Waals surface area contributed by atoms with Crippen molar-refractivity contribution in [3.8, 4) is 11.5 Å². The zero-order valence-electron chi connectivity index (χ0n) is 18.2. The molecular weight excluding hydrogens is 406 g/mol. The fourth-order valence-electron chi connectivity index (χ4n) is 2.96. The maximum atomic E-state index is 12.8. The van der Waals surface area contributed by atoms with Gasteiger partial charge < -0.3 is 14.3 Å². The molecule has 0 saturated carbocycles. The third-order valence-corrected chi connectivity index (χ3v) is 4.64. The molecule has 3 aromatic rings. The Hall–Kier alpha value is -4.13. The number of aryl methyl sites for hydroxylation is 1. The van der Waals surface area contributed by atoms with Crippen molar-refractivity contribution in [3.05, 3.63) is 95.1 Å². The zero-order chi connectivity index (χ0) is 22.8. The summed E-state index contributed by atoms with van der Waals surface area (Å²) in [4.78, 5) is 17.7. The third kappa shape index (κ3) is 5.95. The number of nitrogens with zero attached hydrogens (tertiary/aromatic N) is 2. The summed E-state index contributed by atoms with van der Waals surface area (Å²) in [7, 11) is 2.99. The number of amides is 1. The van der Waals surface area contributed by atoms with Crippen molar-refractivity contribution in [2.75, 3.05) is 14.2 Å². The quantitative estimate of drug-likeness (QED) is 0.409. The van der Waals surface area contributed by atoms with Crippen LogP contribution < -0.4 is 14.9 Å². The van der Waals surface area contributed by atoms with E-state index in [0.29, 0.717) is 5.56 Å². The molecule has 164 valence electrons. The Morgan fingerprint density at radius 2 is 1.69 bits per heavy atom. The summed E-state index contributed by atoms with van der Waals surface area (Å²) in [6.07, 6.45) is 1.54. The number of benzene rings is 3. The van der Waals surface area contributed by atoms with E-state index in [9.17, 15) is 4.79 Å². The highest BCUT2D eigenvalue weighted by Crippen LogP contribution is 2.20. The molecule has 0 bridgehead atoms. The number of methoxy groups -OCH3 is 1. The highest BCUT2D eigenvalue weighted by molar-refractivity contribution is 6.45. The molecule has 32 heavy (non-hydrogen) atoms. The molecule has 3 aromatic carbocycles. The molecule has 0 aromatic heterocycles. The third-order valence-electron chi connectivity index (χ3n) is 4.64. The largest absolute Gasteiger partial charge is 0.497 e. The van der Waals surface area contributed by atoms with E-state index in [-0.39, 0.29) is 12.3 Å². The maximum Gasteiger partial charge on any atom is 0.294 e. The Bertz CT molecular complexity index is 1110. The number of carbonyl (C=O) groups excluding carboxylic acids is 1. The molecule has 0 unspecified atom stereocenters. The van der Waals surface area contributed by atoms with Crippen LogP contribution >= 0.6 is 0 Å². The van der Waals surface area contributed by atoms with Crippen molar-refractivity contribution >= 4 is 17.8 Å². The van der Waals surface area contributed by atoms with E-state index < -0.39 is 5.91 Å². The van der Waals surface area contributed by atoms with Crippen molar-refractivity contribution < 1.29 is 19.1 Å². The SMILES string of the molecule is CO/N=C(/C(=O)N/N=C/c1ccc(OC)cc1)c1ccccc1COc1ccccc1C. The average molecular weight is 431 g/mol. The molecule has 0 heterocycles. The van der Waals surface area contributed by atoms with Crippen LogP contribution in [0, 0.1) is 6.92 Å². The molecule has 1 N–H and O–H groups in total. The van der Waals surface area contributed by atoms with Crippen LogP contribution in [0.4, 0.5) is 0 Å². The van der Waals surface area contributed by atoms with E-state index in [4.69, 9.17) is 14.3 Å². The van der Waals surface area contributed by atoms with E-state index in [1.165, 1.54) is 13.3 Å². The van der Waals surface area contributed by atoms with Crippen LogP contribution in [-0.4, -0.2) is 32.1 Å². The number of nitrogens with one attached hydrogen (secondary N) is 1. The molecule has 0 saturated heterocycles. The van der Waals surface area contributed by atoms with Gasteiger partial charge >= 0.3 is 0 Å². The minimum absolute atomic E-state index is 0.100. The first kappa shape index (κ1) is 22.6. The van der Waals surface area contributed by atoms with Gasteiger partial charge in [-0.05, 0) is 53.9 Å². The second-order valence-electron chi connectivity index (χ2n) is 6.81. The van der Waals surface area contributed by atoms with Crippen LogP contribution in [0.15, 0.2) is 83.1 Å². The number of oxime groups is 1. The number of hydrogen-bond donors (Lipinski definition) is 1. The summed E-state index contributed by atoms with van der Waals surface area (Å²) in [5, 5.41) is 7.96. The van der Waals surface area contributed by atoms with Crippen molar-refractivity contribution in [2.45, 2.75) is 13.5 Å². The van der Waals surface area contributed by atoms with Crippen molar-refractivity contribution in [1.82, 2.24) is 5.43 Å². The van der Waals surface area contributed by atoms with Gasteiger partial charge in [0, 0.05) is 5.56 Å². The molecule has 0 radical (unpaired) electrons. The van der Waals surface area contributed by atoms with Gasteiger partial charge in [0.1, 0.15) is 25.2 Å². The van der Waals surface area contributed by atoms with Crippen LogP contribution in [-0.2, 0) is 16.2 Å². The van der Waals surface area contributed by atoms with Gasteiger partial charge in [0.05, 0.1) is 13.3 Å². The monoisotopic (exact) mass is 431 g/mol. The Balaban J connectivity index is 1.74. The Labute approximate surface area is 187 Å². The molecule has 7 heteroatoms. The van der Waals surface area contributed by atoms with E-state index in [2.05, 4.69) is 15.7 Å². The minimum atomic E-state index is -0.500. The van der Waals surface area contributed by atoms with Crippen molar-refractivity contribution in [1.29, 1.82) is 0 Å². The average Bonchev–Trinajstić information content (AvgIpc) is 2.82. The van der Waals surface area contributed by atoms with Gasteiger partial charge in [-0.3, -0.25) is 4.79 Å². The summed E-state index contributed by atoms with van der Waals surface area (Å²) in [5.74, 6) is 1.02. The number of hydrazone groups is 1. The Morgan fingerprint density at radius 1 is 0.969 bits per heavy atom. The first-order valence-corrected chi connectivity index (χ1v) is 9.97. The van der Waals surface area contributed by atoms with Crippen LogP contribution in [0.5, 0.6) is 11.5 Å². The molecule has 0 aliphatic heterocycles. The molecule has 1 amide bonds.